The number of carbonyl (C=O) groups excluding carboxylic acids is 1. The molecule has 3 aliphatic heterocycles. The van der Waals surface area contributed by atoms with E-state index in [0.29, 0.717) is 62.3 Å². The molecular weight excluding hydrogens is 390 g/mol. The predicted molar refractivity (Wildman–Crippen MR) is 110 cm³/mol. The Hall–Kier alpha value is -2.07. The number of nitrogen functional groups attached to an aromatic ring is 1. The van der Waals surface area contributed by atoms with Gasteiger partial charge in [-0.2, -0.15) is 0 Å². The molecule has 2 atom stereocenters. The molecule has 4 N–H and O–H groups in total. The summed E-state index contributed by atoms with van der Waals surface area (Å²) in [4.78, 5) is 15.0. The number of aliphatic hydroxyl groups is 1. The number of likely N-dealkylation sites (tertiary alicyclic amines) is 1. The first-order chi connectivity index (χ1) is 14.6. The quantitative estimate of drug-likeness (QED) is 0.572. The minimum atomic E-state index is -0.498. The second kappa shape index (κ2) is 9.82. The molecule has 0 aromatic heterocycles. The molecule has 3 aliphatic rings. The zero-order chi connectivity index (χ0) is 20.9. The summed E-state index contributed by atoms with van der Waals surface area (Å²) in [6.45, 7) is 5.01. The van der Waals surface area contributed by atoms with Gasteiger partial charge in [0.1, 0.15) is 0 Å². The molecule has 4 rings (SSSR count). The maximum atomic E-state index is 12.8. The molecule has 9 nitrogen and oxygen atoms in total. The van der Waals surface area contributed by atoms with Crippen LogP contribution < -0.4 is 20.5 Å². The Bertz CT molecular complexity index is 740. The summed E-state index contributed by atoms with van der Waals surface area (Å²) >= 11 is 0. The fraction of sp³-hybridized carbons (Fsp3) is 0.667. The van der Waals surface area contributed by atoms with Crippen molar-refractivity contribution >= 4 is 11.6 Å². The van der Waals surface area contributed by atoms with Gasteiger partial charge in [-0.15, -0.1) is 0 Å². The molecule has 2 saturated heterocycles. The van der Waals surface area contributed by atoms with Crippen LogP contribution in [-0.2, 0) is 9.47 Å². The average Bonchev–Trinajstić information content (AvgIpc) is 3.15. The van der Waals surface area contributed by atoms with Crippen LogP contribution in [-0.4, -0.2) is 80.9 Å². The van der Waals surface area contributed by atoms with Crippen LogP contribution in [0.3, 0.4) is 0 Å². The van der Waals surface area contributed by atoms with Crippen molar-refractivity contribution in [2.24, 2.45) is 5.92 Å². The standard InChI is InChI=1S/C21H31N3O6/c22-15-10-16(20-18(11-15)27-6-1-7-30-20)21(26)23-12-14-2-4-24(13-17(14)25)5-3-19-28-8-9-29-19/h10-11,14,17,19,25H,1-9,12-13,22H2,(H,23,26)/t14-,17+/m0/s1. The number of anilines is 1. The van der Waals surface area contributed by atoms with Crippen molar-refractivity contribution in [3.63, 3.8) is 0 Å². The van der Waals surface area contributed by atoms with Crippen LogP contribution in [0.2, 0.25) is 0 Å². The SMILES string of the molecule is Nc1cc2c(c(C(=O)NC[C@@H]3CCN(CCC4OCCO4)C[C@H]3O)c1)OCCCO2. The topological polar surface area (TPSA) is 116 Å². The lowest BCUT2D eigenvalue weighted by atomic mass is 9.93. The van der Waals surface area contributed by atoms with Gasteiger partial charge < -0.3 is 40.0 Å². The number of piperidine rings is 1. The van der Waals surface area contributed by atoms with E-state index in [0.717, 1.165) is 32.4 Å². The molecule has 0 aliphatic carbocycles. The van der Waals surface area contributed by atoms with Crippen LogP contribution in [0.5, 0.6) is 11.5 Å². The number of hydrogen-bond donors (Lipinski definition) is 3. The highest BCUT2D eigenvalue weighted by atomic mass is 16.7. The summed E-state index contributed by atoms with van der Waals surface area (Å²) in [5, 5.41) is 13.5. The van der Waals surface area contributed by atoms with Gasteiger partial charge in [0.2, 0.25) is 0 Å². The van der Waals surface area contributed by atoms with E-state index in [2.05, 4.69) is 10.2 Å². The minimum absolute atomic E-state index is 0.000937. The predicted octanol–water partition coefficient (Wildman–Crippen LogP) is 0.606. The molecule has 0 saturated carbocycles. The Morgan fingerprint density at radius 2 is 2.00 bits per heavy atom. The lowest BCUT2D eigenvalue weighted by Gasteiger charge is -2.36. The van der Waals surface area contributed by atoms with E-state index in [9.17, 15) is 9.90 Å². The Kier molecular flexibility index (Phi) is 6.93. The number of rotatable bonds is 6. The summed E-state index contributed by atoms with van der Waals surface area (Å²) in [6.07, 6.45) is 1.74. The van der Waals surface area contributed by atoms with Crippen molar-refractivity contribution in [3.05, 3.63) is 17.7 Å². The number of hydrogen-bond acceptors (Lipinski definition) is 8. The Morgan fingerprint density at radius 1 is 1.20 bits per heavy atom. The number of benzene rings is 1. The van der Waals surface area contributed by atoms with Crippen LogP contribution in [0.4, 0.5) is 5.69 Å². The van der Waals surface area contributed by atoms with Crippen molar-refractivity contribution in [3.8, 4) is 11.5 Å². The second-order valence-corrected chi connectivity index (χ2v) is 8.03. The zero-order valence-corrected chi connectivity index (χ0v) is 17.2. The highest BCUT2D eigenvalue weighted by Crippen LogP contribution is 2.35. The number of nitrogens with zero attached hydrogens (tertiary/aromatic N) is 1. The third kappa shape index (κ3) is 5.15. The zero-order valence-electron chi connectivity index (χ0n) is 17.2. The maximum Gasteiger partial charge on any atom is 0.255 e. The van der Waals surface area contributed by atoms with Crippen molar-refractivity contribution in [1.82, 2.24) is 10.2 Å². The van der Waals surface area contributed by atoms with E-state index in [-0.39, 0.29) is 18.1 Å². The first-order valence-corrected chi connectivity index (χ1v) is 10.7. The van der Waals surface area contributed by atoms with Crippen molar-refractivity contribution < 1.29 is 28.8 Å². The molecule has 166 valence electrons. The van der Waals surface area contributed by atoms with Crippen LogP contribution >= 0.6 is 0 Å². The lowest BCUT2D eigenvalue weighted by molar-refractivity contribution is -0.0576. The maximum absolute atomic E-state index is 12.8. The summed E-state index contributed by atoms with van der Waals surface area (Å²) < 4.78 is 22.3. The van der Waals surface area contributed by atoms with Gasteiger partial charge in [0, 0.05) is 50.1 Å². The van der Waals surface area contributed by atoms with Gasteiger partial charge in [-0.1, -0.05) is 0 Å². The van der Waals surface area contributed by atoms with Crippen LogP contribution in [0, 0.1) is 5.92 Å². The van der Waals surface area contributed by atoms with Gasteiger partial charge in [-0.05, 0) is 19.0 Å². The van der Waals surface area contributed by atoms with E-state index in [4.69, 9.17) is 24.7 Å². The Morgan fingerprint density at radius 3 is 2.80 bits per heavy atom. The van der Waals surface area contributed by atoms with Gasteiger partial charge in [-0.3, -0.25) is 4.79 Å². The fourth-order valence-electron chi connectivity index (χ4n) is 4.13. The summed E-state index contributed by atoms with van der Waals surface area (Å²) in [5.41, 5.74) is 6.77. The van der Waals surface area contributed by atoms with Gasteiger partial charge >= 0.3 is 0 Å². The van der Waals surface area contributed by atoms with Gasteiger partial charge in [0.15, 0.2) is 17.8 Å². The smallest absolute Gasteiger partial charge is 0.255 e. The van der Waals surface area contributed by atoms with E-state index in [1.165, 1.54) is 0 Å². The monoisotopic (exact) mass is 421 g/mol. The highest BCUT2D eigenvalue weighted by molar-refractivity contribution is 5.98. The summed E-state index contributed by atoms with van der Waals surface area (Å²) in [5.74, 6) is 0.669. The molecule has 0 bridgehead atoms. The van der Waals surface area contributed by atoms with Crippen molar-refractivity contribution in [1.29, 1.82) is 0 Å². The number of nitrogens with one attached hydrogen (secondary N) is 1. The van der Waals surface area contributed by atoms with Crippen LogP contribution in [0.15, 0.2) is 12.1 Å². The van der Waals surface area contributed by atoms with Gasteiger partial charge in [0.05, 0.1) is 38.1 Å². The molecule has 1 amide bonds. The molecule has 3 heterocycles. The number of carbonyl (C=O) groups is 1. The second-order valence-electron chi connectivity index (χ2n) is 8.03. The van der Waals surface area contributed by atoms with E-state index < -0.39 is 6.10 Å². The minimum Gasteiger partial charge on any atom is -0.489 e. The third-order valence-electron chi connectivity index (χ3n) is 5.82. The van der Waals surface area contributed by atoms with Gasteiger partial charge in [0.25, 0.3) is 5.91 Å². The van der Waals surface area contributed by atoms with E-state index in [1.54, 1.807) is 12.1 Å². The van der Waals surface area contributed by atoms with Crippen molar-refractivity contribution in [2.75, 3.05) is 58.3 Å². The number of ether oxygens (including phenoxy) is 4. The Labute approximate surface area is 176 Å². The third-order valence-corrected chi connectivity index (χ3v) is 5.82. The molecule has 30 heavy (non-hydrogen) atoms. The molecule has 1 aromatic rings. The molecule has 9 heteroatoms. The highest BCUT2D eigenvalue weighted by Gasteiger charge is 2.29. The first-order valence-electron chi connectivity index (χ1n) is 10.7. The summed E-state index contributed by atoms with van der Waals surface area (Å²) in [6, 6.07) is 3.29. The number of nitrogens with two attached hydrogens (primary N) is 1. The number of aliphatic hydroxyl groups excluding tert-OH is 1. The van der Waals surface area contributed by atoms with Crippen LogP contribution in [0.25, 0.3) is 0 Å². The van der Waals surface area contributed by atoms with Crippen LogP contribution in [0.1, 0.15) is 29.6 Å². The van der Waals surface area contributed by atoms with E-state index >= 15 is 0 Å². The average molecular weight is 421 g/mol. The molecular formula is C21H31N3O6. The number of β-amino-alcohol motifs (C(OH)–C–C–N with tert-alkyl or cyclic N) is 1. The normalized spacial score (nSPS) is 25.1. The number of amides is 1. The number of fused-ring (bicyclic) bond motifs is 1. The molecule has 0 radical (unpaired) electrons. The van der Waals surface area contributed by atoms with Crippen molar-refractivity contribution in [2.45, 2.75) is 31.7 Å². The van der Waals surface area contributed by atoms with Gasteiger partial charge in [-0.25, -0.2) is 0 Å². The molecule has 0 unspecified atom stereocenters. The fourth-order valence-corrected chi connectivity index (χ4v) is 4.13. The lowest BCUT2D eigenvalue weighted by Crippen LogP contribution is -2.48. The largest absolute Gasteiger partial charge is 0.489 e. The Balaban J connectivity index is 1.29. The van der Waals surface area contributed by atoms with E-state index in [1.807, 2.05) is 0 Å². The molecule has 2 fully saturated rings. The molecule has 0 spiro atoms. The first kappa shape index (κ1) is 21.2. The summed E-state index contributed by atoms with van der Waals surface area (Å²) in [7, 11) is 0. The molecule has 1 aromatic carbocycles.